The van der Waals surface area contributed by atoms with Crippen LogP contribution in [0, 0.1) is 0 Å². The van der Waals surface area contributed by atoms with Crippen LogP contribution in [0.15, 0.2) is 212 Å². The first kappa shape index (κ1) is 36.2. The second-order valence-corrected chi connectivity index (χ2v) is 15.9. The van der Waals surface area contributed by atoms with E-state index in [1.54, 1.807) is 11.3 Å². The fourth-order valence-electron chi connectivity index (χ4n) is 7.78. The van der Waals surface area contributed by atoms with Gasteiger partial charge in [-0.25, -0.2) is 24.9 Å². The lowest BCUT2D eigenvalue weighted by Crippen LogP contribution is -2.00. The maximum Gasteiger partial charge on any atom is 0.164 e. The topological polar surface area (TPSA) is 64.5 Å². The largest absolute Gasteiger partial charge is 0.226 e. The fraction of sp³-hybridized carbons (Fsp3) is 0. The summed E-state index contributed by atoms with van der Waals surface area (Å²) in [4.78, 5) is 25.7. The zero-order chi connectivity index (χ0) is 40.5. The number of hydrogen-bond acceptors (Lipinski definition) is 6. The van der Waals surface area contributed by atoms with Crippen molar-refractivity contribution in [2.45, 2.75) is 0 Å². The van der Waals surface area contributed by atoms with E-state index < -0.39 is 0 Å². The van der Waals surface area contributed by atoms with Gasteiger partial charge in [0.2, 0.25) is 0 Å². The van der Waals surface area contributed by atoms with Gasteiger partial charge in [0, 0.05) is 37.9 Å². The standard InChI is InChI=1S/C55H35N5S/c1-4-12-36(13-5-1)39-20-28-43(29-21-39)52-56-49(51-50(57-52)47-18-10-11-19-48(47)61-51)42-26-34-46(35-27-42)55-59-53(44-30-22-40(23-31-44)37-14-6-2-7-15-37)58-54(60-55)45-32-24-41(25-33-45)38-16-8-3-9-17-38/h1-35H. The normalized spacial score (nSPS) is 11.3. The molecule has 0 aliphatic heterocycles. The molecule has 11 aromatic rings. The summed E-state index contributed by atoms with van der Waals surface area (Å²) in [6.45, 7) is 0. The highest BCUT2D eigenvalue weighted by molar-refractivity contribution is 7.26. The first-order valence-corrected chi connectivity index (χ1v) is 21.1. The van der Waals surface area contributed by atoms with E-state index in [-0.39, 0.29) is 0 Å². The van der Waals surface area contributed by atoms with Crippen molar-refractivity contribution in [3.63, 3.8) is 0 Å². The van der Waals surface area contributed by atoms with Crippen molar-refractivity contribution >= 4 is 31.6 Å². The van der Waals surface area contributed by atoms with Crippen molar-refractivity contribution in [3.05, 3.63) is 212 Å². The van der Waals surface area contributed by atoms with Crippen LogP contribution in [0.5, 0.6) is 0 Å². The summed E-state index contributed by atoms with van der Waals surface area (Å²) in [5.74, 6) is 2.51. The Balaban J connectivity index is 0.992. The highest BCUT2D eigenvalue weighted by Crippen LogP contribution is 2.40. The Hall–Kier alpha value is -7.93. The molecule has 0 atom stereocenters. The van der Waals surface area contributed by atoms with Gasteiger partial charge < -0.3 is 0 Å². The number of thiophene rings is 1. The molecule has 0 saturated carbocycles. The number of nitrogens with zero attached hydrogens (tertiary/aromatic N) is 5. The Morgan fingerprint density at radius 3 is 0.967 bits per heavy atom. The Morgan fingerprint density at radius 1 is 0.246 bits per heavy atom. The van der Waals surface area contributed by atoms with Crippen molar-refractivity contribution in [2.75, 3.05) is 0 Å². The van der Waals surface area contributed by atoms with Crippen molar-refractivity contribution in [1.29, 1.82) is 0 Å². The summed E-state index contributed by atoms with van der Waals surface area (Å²) in [7, 11) is 0. The van der Waals surface area contributed by atoms with Crippen molar-refractivity contribution in [2.24, 2.45) is 0 Å². The van der Waals surface area contributed by atoms with Crippen molar-refractivity contribution in [3.8, 4) is 90.2 Å². The highest BCUT2D eigenvalue weighted by atomic mass is 32.1. The number of benzene rings is 8. The summed E-state index contributed by atoms with van der Waals surface area (Å²) in [5.41, 5.74) is 13.5. The molecule has 3 heterocycles. The zero-order valence-corrected chi connectivity index (χ0v) is 33.7. The van der Waals surface area contributed by atoms with Gasteiger partial charge in [-0.1, -0.05) is 206 Å². The van der Waals surface area contributed by atoms with Gasteiger partial charge in [0.25, 0.3) is 0 Å². The minimum absolute atomic E-state index is 0.597. The smallest absolute Gasteiger partial charge is 0.164 e. The number of aromatic nitrogens is 5. The molecule has 3 aromatic heterocycles. The molecule has 0 unspecified atom stereocenters. The summed E-state index contributed by atoms with van der Waals surface area (Å²) < 4.78 is 2.24. The van der Waals surface area contributed by atoms with Gasteiger partial charge in [0.15, 0.2) is 23.3 Å². The Kier molecular flexibility index (Phi) is 9.30. The average molecular weight is 798 g/mol. The number of rotatable bonds is 8. The summed E-state index contributed by atoms with van der Waals surface area (Å²) >= 11 is 1.73. The summed E-state index contributed by atoms with van der Waals surface area (Å²) in [6.07, 6.45) is 0. The maximum atomic E-state index is 5.26. The first-order chi connectivity index (χ1) is 30.2. The Morgan fingerprint density at radius 2 is 0.557 bits per heavy atom. The first-order valence-electron chi connectivity index (χ1n) is 20.2. The minimum atomic E-state index is 0.597. The molecule has 0 radical (unpaired) electrons. The monoisotopic (exact) mass is 797 g/mol. The Labute approximate surface area is 357 Å². The van der Waals surface area contributed by atoms with Crippen molar-refractivity contribution < 1.29 is 0 Å². The fourth-order valence-corrected chi connectivity index (χ4v) is 8.94. The molecule has 0 aliphatic rings. The second kappa shape index (κ2) is 15.7. The van der Waals surface area contributed by atoms with Crippen LogP contribution in [0.2, 0.25) is 0 Å². The number of fused-ring (bicyclic) bond motifs is 3. The van der Waals surface area contributed by atoms with Gasteiger partial charge in [-0.05, 0) is 39.4 Å². The van der Waals surface area contributed by atoms with Crippen LogP contribution in [-0.2, 0) is 0 Å². The SMILES string of the molecule is c1ccc(-c2ccc(-c3nc(-c4ccc(-c5ccccc5)cc4)nc(-c4ccc(-c5nc(-c6ccc(-c7ccccc7)cc6)nc6c5sc5ccccc56)cc4)n3)cc2)cc1. The molecule has 11 rings (SSSR count). The van der Waals surface area contributed by atoms with Gasteiger partial charge in [-0.15, -0.1) is 11.3 Å². The van der Waals surface area contributed by atoms with Gasteiger partial charge in [-0.3, -0.25) is 0 Å². The van der Waals surface area contributed by atoms with Gasteiger partial charge in [0.05, 0.1) is 15.9 Å². The third-order valence-electron chi connectivity index (χ3n) is 11.0. The molecule has 0 N–H and O–H groups in total. The van der Waals surface area contributed by atoms with Gasteiger partial charge in [0.1, 0.15) is 0 Å². The highest BCUT2D eigenvalue weighted by Gasteiger charge is 2.18. The van der Waals surface area contributed by atoms with Crippen LogP contribution in [-0.4, -0.2) is 24.9 Å². The zero-order valence-electron chi connectivity index (χ0n) is 32.9. The van der Waals surface area contributed by atoms with Crippen LogP contribution in [0.3, 0.4) is 0 Å². The lowest BCUT2D eigenvalue weighted by atomic mass is 10.0. The van der Waals surface area contributed by atoms with E-state index >= 15 is 0 Å². The molecule has 8 aromatic carbocycles. The predicted octanol–water partition coefficient (Wildman–Crippen LogP) is 14.4. The summed E-state index contributed by atoms with van der Waals surface area (Å²) in [6, 6.07) is 73.4. The third-order valence-corrected chi connectivity index (χ3v) is 12.2. The van der Waals surface area contributed by atoms with E-state index in [9.17, 15) is 0 Å². The lowest BCUT2D eigenvalue weighted by molar-refractivity contribution is 1.07. The molecule has 0 spiro atoms. The Bertz CT molecular complexity index is 3190. The molecule has 61 heavy (non-hydrogen) atoms. The summed E-state index contributed by atoms with van der Waals surface area (Å²) in [5, 5.41) is 1.13. The molecule has 6 heteroatoms. The van der Waals surface area contributed by atoms with E-state index in [0.717, 1.165) is 76.9 Å². The predicted molar refractivity (Wildman–Crippen MR) is 252 cm³/mol. The quantitative estimate of drug-likeness (QED) is 0.153. The molecule has 0 amide bonds. The van der Waals surface area contributed by atoms with Crippen LogP contribution in [0.1, 0.15) is 0 Å². The van der Waals surface area contributed by atoms with E-state index in [0.29, 0.717) is 23.3 Å². The van der Waals surface area contributed by atoms with Crippen LogP contribution >= 0.6 is 11.3 Å². The van der Waals surface area contributed by atoms with Crippen LogP contribution < -0.4 is 0 Å². The lowest BCUT2D eigenvalue weighted by Gasteiger charge is -2.11. The molecule has 5 nitrogen and oxygen atoms in total. The van der Waals surface area contributed by atoms with Crippen molar-refractivity contribution in [1.82, 2.24) is 24.9 Å². The average Bonchev–Trinajstić information content (AvgIpc) is 3.73. The molecule has 0 fully saturated rings. The second-order valence-electron chi connectivity index (χ2n) is 14.9. The van der Waals surface area contributed by atoms with Crippen LogP contribution in [0.25, 0.3) is 110 Å². The molecule has 286 valence electrons. The molecular weight excluding hydrogens is 763 g/mol. The van der Waals surface area contributed by atoms with E-state index in [4.69, 9.17) is 24.9 Å². The van der Waals surface area contributed by atoms with Crippen LogP contribution in [0.4, 0.5) is 0 Å². The molecule has 0 bridgehead atoms. The van der Waals surface area contributed by atoms with E-state index in [2.05, 4.69) is 194 Å². The van der Waals surface area contributed by atoms with Gasteiger partial charge >= 0.3 is 0 Å². The minimum Gasteiger partial charge on any atom is -0.226 e. The van der Waals surface area contributed by atoms with Gasteiger partial charge in [-0.2, -0.15) is 0 Å². The number of hydrogen-bond donors (Lipinski definition) is 0. The maximum absolute atomic E-state index is 5.26. The third kappa shape index (κ3) is 7.16. The molecule has 0 aliphatic carbocycles. The molecular formula is C55H35N5S. The van der Waals surface area contributed by atoms with E-state index in [1.807, 2.05) is 18.2 Å². The molecule has 0 saturated heterocycles. The van der Waals surface area contributed by atoms with E-state index in [1.165, 1.54) is 10.3 Å².